The second-order valence-electron chi connectivity index (χ2n) is 4.54. The van der Waals surface area contributed by atoms with Gasteiger partial charge in [-0.25, -0.2) is 13.2 Å². The number of hydrogen-bond donors (Lipinski definition) is 1. The van der Waals surface area contributed by atoms with Crippen LogP contribution in [-0.2, 0) is 0 Å². The second-order valence-corrected chi connectivity index (χ2v) is 4.54. The molecule has 1 aliphatic carbocycles. The van der Waals surface area contributed by atoms with Crippen LogP contribution in [0.1, 0.15) is 24.7 Å². The van der Waals surface area contributed by atoms with E-state index in [-0.39, 0.29) is 23.3 Å². The van der Waals surface area contributed by atoms with E-state index in [4.69, 9.17) is 10.3 Å². The third kappa shape index (κ3) is 2.10. The summed E-state index contributed by atoms with van der Waals surface area (Å²) in [6, 6.07) is 1.48. The molecule has 0 aliphatic heterocycles. The molecule has 1 saturated carbocycles. The van der Waals surface area contributed by atoms with Crippen LogP contribution in [0.3, 0.4) is 0 Å². The van der Waals surface area contributed by atoms with Gasteiger partial charge in [-0.2, -0.15) is 4.98 Å². The van der Waals surface area contributed by atoms with Crippen molar-refractivity contribution in [3.63, 3.8) is 0 Å². The minimum atomic E-state index is -1.57. The summed E-state index contributed by atoms with van der Waals surface area (Å²) in [5.74, 6) is -3.83. The Morgan fingerprint density at radius 1 is 1.21 bits per heavy atom. The predicted octanol–water partition coefficient (Wildman–Crippen LogP) is 2.56. The molecule has 7 heteroatoms. The Kier molecular flexibility index (Phi) is 2.78. The molecule has 2 N–H and O–H groups in total. The van der Waals surface area contributed by atoms with Gasteiger partial charge in [-0.05, 0) is 30.9 Å². The Labute approximate surface area is 106 Å². The van der Waals surface area contributed by atoms with Gasteiger partial charge in [-0.3, -0.25) is 0 Å². The molecule has 2 aromatic rings. The van der Waals surface area contributed by atoms with Gasteiger partial charge in [0, 0.05) is 0 Å². The fourth-order valence-electron chi connectivity index (χ4n) is 1.84. The van der Waals surface area contributed by atoms with E-state index in [1.165, 1.54) is 0 Å². The monoisotopic (exact) mass is 269 g/mol. The highest BCUT2D eigenvalue weighted by Crippen LogP contribution is 2.38. The van der Waals surface area contributed by atoms with Crippen molar-refractivity contribution in [1.29, 1.82) is 0 Å². The lowest BCUT2D eigenvalue weighted by Gasteiger charge is -2.02. The molecule has 1 heterocycles. The summed E-state index contributed by atoms with van der Waals surface area (Å²) >= 11 is 0. The van der Waals surface area contributed by atoms with Crippen molar-refractivity contribution in [1.82, 2.24) is 10.1 Å². The lowest BCUT2D eigenvalue weighted by atomic mass is 10.2. The van der Waals surface area contributed by atoms with Gasteiger partial charge in [0.1, 0.15) is 0 Å². The molecule has 19 heavy (non-hydrogen) atoms. The molecule has 1 atom stereocenters. The third-order valence-electron chi connectivity index (χ3n) is 3.14. The first-order valence-electron chi connectivity index (χ1n) is 5.81. The SMILES string of the molecule is NC(c1noc(-c2ccc(F)c(F)c2F)n1)C1CC1. The summed E-state index contributed by atoms with van der Waals surface area (Å²) in [4.78, 5) is 3.94. The van der Waals surface area contributed by atoms with Crippen molar-refractivity contribution in [2.75, 3.05) is 0 Å². The summed E-state index contributed by atoms with van der Waals surface area (Å²) in [7, 11) is 0. The maximum absolute atomic E-state index is 13.6. The number of nitrogens with zero attached hydrogens (tertiary/aromatic N) is 2. The summed E-state index contributed by atoms with van der Waals surface area (Å²) in [5, 5.41) is 3.65. The molecule has 3 rings (SSSR count). The topological polar surface area (TPSA) is 64.9 Å². The number of rotatable bonds is 3. The average Bonchev–Trinajstić information content (AvgIpc) is 3.14. The Morgan fingerprint density at radius 2 is 1.95 bits per heavy atom. The van der Waals surface area contributed by atoms with Gasteiger partial charge in [-0.1, -0.05) is 5.16 Å². The van der Waals surface area contributed by atoms with Crippen LogP contribution in [0.5, 0.6) is 0 Å². The van der Waals surface area contributed by atoms with Crippen LogP contribution in [0.15, 0.2) is 16.7 Å². The van der Waals surface area contributed by atoms with Crippen molar-refractivity contribution in [3.8, 4) is 11.5 Å². The van der Waals surface area contributed by atoms with E-state index < -0.39 is 17.5 Å². The van der Waals surface area contributed by atoms with Crippen molar-refractivity contribution < 1.29 is 17.7 Å². The molecule has 100 valence electrons. The summed E-state index contributed by atoms with van der Waals surface area (Å²) in [6.07, 6.45) is 1.98. The molecule has 1 aliphatic rings. The first-order valence-corrected chi connectivity index (χ1v) is 5.81. The fraction of sp³-hybridized carbons (Fsp3) is 0.333. The summed E-state index contributed by atoms with van der Waals surface area (Å²) in [5.41, 5.74) is 5.59. The average molecular weight is 269 g/mol. The highest BCUT2D eigenvalue weighted by molar-refractivity contribution is 5.54. The summed E-state index contributed by atoms with van der Waals surface area (Å²) in [6.45, 7) is 0. The number of benzene rings is 1. The fourth-order valence-corrected chi connectivity index (χ4v) is 1.84. The van der Waals surface area contributed by atoms with Crippen LogP contribution in [0, 0.1) is 23.4 Å². The maximum Gasteiger partial charge on any atom is 0.261 e. The number of aromatic nitrogens is 2. The van der Waals surface area contributed by atoms with Gasteiger partial charge in [0.2, 0.25) is 0 Å². The van der Waals surface area contributed by atoms with Crippen LogP contribution in [0.2, 0.25) is 0 Å². The quantitative estimate of drug-likeness (QED) is 0.870. The van der Waals surface area contributed by atoms with Gasteiger partial charge in [0.05, 0.1) is 11.6 Å². The lowest BCUT2D eigenvalue weighted by Crippen LogP contribution is -2.13. The normalized spacial score (nSPS) is 16.6. The van der Waals surface area contributed by atoms with Crippen LogP contribution < -0.4 is 5.73 Å². The van der Waals surface area contributed by atoms with Crippen LogP contribution in [0.4, 0.5) is 13.2 Å². The van der Waals surface area contributed by atoms with E-state index in [1.54, 1.807) is 0 Å². The Bertz CT molecular complexity index is 625. The zero-order chi connectivity index (χ0) is 13.6. The molecule has 1 aromatic carbocycles. The smallest absolute Gasteiger partial charge is 0.261 e. The molecule has 1 fully saturated rings. The largest absolute Gasteiger partial charge is 0.334 e. The number of nitrogens with two attached hydrogens (primary N) is 1. The molecule has 0 spiro atoms. The first kappa shape index (κ1) is 12.2. The summed E-state index contributed by atoms with van der Waals surface area (Å²) < 4.78 is 44.3. The minimum Gasteiger partial charge on any atom is -0.334 e. The highest BCUT2D eigenvalue weighted by Gasteiger charge is 2.33. The lowest BCUT2D eigenvalue weighted by molar-refractivity contribution is 0.405. The van der Waals surface area contributed by atoms with E-state index in [9.17, 15) is 13.2 Å². The molecule has 1 aromatic heterocycles. The van der Waals surface area contributed by atoms with Crippen LogP contribution >= 0.6 is 0 Å². The number of hydrogen-bond acceptors (Lipinski definition) is 4. The predicted molar refractivity (Wildman–Crippen MR) is 59.3 cm³/mol. The molecule has 0 bridgehead atoms. The second kappa shape index (κ2) is 4.34. The van der Waals surface area contributed by atoms with E-state index in [0.717, 1.165) is 25.0 Å². The highest BCUT2D eigenvalue weighted by atomic mass is 19.2. The van der Waals surface area contributed by atoms with E-state index in [1.807, 2.05) is 0 Å². The van der Waals surface area contributed by atoms with E-state index in [0.29, 0.717) is 5.92 Å². The van der Waals surface area contributed by atoms with Gasteiger partial charge in [0.25, 0.3) is 5.89 Å². The van der Waals surface area contributed by atoms with Gasteiger partial charge in [-0.15, -0.1) is 0 Å². The Hall–Kier alpha value is -1.89. The number of halogens is 3. The van der Waals surface area contributed by atoms with E-state index >= 15 is 0 Å². The minimum absolute atomic E-state index is 0.206. The molecular formula is C12H10F3N3O. The standard InChI is InChI=1S/C12H10F3N3O/c13-7-4-3-6(8(14)9(7)15)12-17-11(18-19-12)10(16)5-1-2-5/h3-5,10H,1-2,16H2. The van der Waals surface area contributed by atoms with Crippen LogP contribution in [-0.4, -0.2) is 10.1 Å². The Balaban J connectivity index is 1.96. The molecule has 1 unspecified atom stereocenters. The van der Waals surface area contributed by atoms with Crippen molar-refractivity contribution in [2.45, 2.75) is 18.9 Å². The zero-order valence-electron chi connectivity index (χ0n) is 9.74. The maximum atomic E-state index is 13.6. The molecule has 0 radical (unpaired) electrons. The van der Waals surface area contributed by atoms with Gasteiger partial charge in [0.15, 0.2) is 23.3 Å². The van der Waals surface area contributed by atoms with Crippen molar-refractivity contribution in [3.05, 3.63) is 35.4 Å². The molecule has 0 amide bonds. The Morgan fingerprint density at radius 3 is 2.63 bits per heavy atom. The zero-order valence-corrected chi connectivity index (χ0v) is 9.74. The molecule has 4 nitrogen and oxygen atoms in total. The van der Waals surface area contributed by atoms with Gasteiger partial charge < -0.3 is 10.3 Å². The third-order valence-corrected chi connectivity index (χ3v) is 3.14. The molecule has 0 saturated heterocycles. The first-order chi connectivity index (χ1) is 9.08. The van der Waals surface area contributed by atoms with Crippen molar-refractivity contribution in [2.24, 2.45) is 11.7 Å². The molecular weight excluding hydrogens is 259 g/mol. The van der Waals surface area contributed by atoms with Gasteiger partial charge >= 0.3 is 0 Å². The van der Waals surface area contributed by atoms with Crippen LogP contribution in [0.25, 0.3) is 11.5 Å². The van der Waals surface area contributed by atoms with E-state index in [2.05, 4.69) is 10.1 Å². The van der Waals surface area contributed by atoms with Crippen molar-refractivity contribution >= 4 is 0 Å².